The molecule has 0 bridgehead atoms. The van der Waals surface area contributed by atoms with Crippen molar-refractivity contribution in [1.82, 2.24) is 4.90 Å². The van der Waals surface area contributed by atoms with Crippen molar-refractivity contribution in [2.45, 2.75) is 84.3 Å². The highest BCUT2D eigenvalue weighted by atomic mass is 16.3. The van der Waals surface area contributed by atoms with Gasteiger partial charge in [0, 0.05) is 6.04 Å². The van der Waals surface area contributed by atoms with E-state index in [4.69, 9.17) is 0 Å². The molecule has 0 spiro atoms. The van der Waals surface area contributed by atoms with Crippen molar-refractivity contribution in [3.63, 3.8) is 0 Å². The molecule has 2 heteroatoms. The molecule has 25 heavy (non-hydrogen) atoms. The average Bonchev–Trinajstić information content (AvgIpc) is 2.83. The number of rotatable bonds is 1. The SMILES string of the molecule is C/C=C1/[C@H](O)C[C@H]2[C@@H]3CCC4C[C@@H](N(C)C)CC[C@]4(C)[C@H]3CC[C@]12C. The molecule has 4 aliphatic rings. The van der Waals surface area contributed by atoms with Crippen LogP contribution in [-0.4, -0.2) is 36.2 Å². The summed E-state index contributed by atoms with van der Waals surface area (Å²) in [6.07, 6.45) is 12.8. The van der Waals surface area contributed by atoms with Gasteiger partial charge in [0.2, 0.25) is 0 Å². The summed E-state index contributed by atoms with van der Waals surface area (Å²) < 4.78 is 0. The summed E-state index contributed by atoms with van der Waals surface area (Å²) in [4.78, 5) is 2.47. The van der Waals surface area contributed by atoms with Gasteiger partial charge in [0.15, 0.2) is 0 Å². The quantitative estimate of drug-likeness (QED) is 0.685. The van der Waals surface area contributed by atoms with Gasteiger partial charge in [-0.15, -0.1) is 0 Å². The zero-order chi connectivity index (χ0) is 18.0. The molecule has 0 radical (unpaired) electrons. The average molecular weight is 346 g/mol. The minimum atomic E-state index is -0.172. The minimum absolute atomic E-state index is 0.172. The van der Waals surface area contributed by atoms with Gasteiger partial charge in [0.1, 0.15) is 0 Å². The highest BCUT2D eigenvalue weighted by Gasteiger charge is 2.60. The van der Waals surface area contributed by atoms with Crippen molar-refractivity contribution >= 4 is 0 Å². The molecule has 1 N–H and O–H groups in total. The van der Waals surface area contributed by atoms with Gasteiger partial charge in [-0.1, -0.05) is 19.9 Å². The lowest BCUT2D eigenvalue weighted by atomic mass is 9.45. The third-order valence-electron chi connectivity index (χ3n) is 9.56. The van der Waals surface area contributed by atoms with Crippen LogP contribution in [0.2, 0.25) is 0 Å². The lowest BCUT2D eigenvalue weighted by molar-refractivity contribution is -0.108. The van der Waals surface area contributed by atoms with Gasteiger partial charge in [-0.05, 0) is 112 Å². The van der Waals surface area contributed by atoms with Gasteiger partial charge in [-0.3, -0.25) is 0 Å². The van der Waals surface area contributed by atoms with E-state index in [1.165, 1.54) is 50.5 Å². The van der Waals surface area contributed by atoms with Crippen molar-refractivity contribution in [3.05, 3.63) is 11.6 Å². The van der Waals surface area contributed by atoms with E-state index in [2.05, 4.69) is 45.8 Å². The Labute approximate surface area is 155 Å². The van der Waals surface area contributed by atoms with Crippen LogP contribution in [0.4, 0.5) is 0 Å². The molecule has 0 aromatic carbocycles. The molecular weight excluding hydrogens is 306 g/mol. The molecule has 4 aliphatic carbocycles. The molecule has 4 rings (SSSR count). The highest BCUT2D eigenvalue weighted by molar-refractivity contribution is 5.27. The van der Waals surface area contributed by atoms with Gasteiger partial charge in [-0.2, -0.15) is 0 Å². The van der Waals surface area contributed by atoms with E-state index in [-0.39, 0.29) is 11.5 Å². The summed E-state index contributed by atoms with van der Waals surface area (Å²) in [5.41, 5.74) is 2.19. The van der Waals surface area contributed by atoms with Gasteiger partial charge in [0.25, 0.3) is 0 Å². The Morgan fingerprint density at radius 1 is 1.00 bits per heavy atom. The second-order valence-electron chi connectivity index (χ2n) is 10.5. The van der Waals surface area contributed by atoms with Crippen LogP contribution in [0.25, 0.3) is 0 Å². The molecule has 1 unspecified atom stereocenters. The molecule has 4 fully saturated rings. The number of hydrogen-bond acceptors (Lipinski definition) is 2. The van der Waals surface area contributed by atoms with Crippen LogP contribution in [0.3, 0.4) is 0 Å². The number of aliphatic hydroxyl groups is 1. The topological polar surface area (TPSA) is 23.5 Å². The van der Waals surface area contributed by atoms with Crippen molar-refractivity contribution in [2.75, 3.05) is 14.1 Å². The smallest absolute Gasteiger partial charge is 0.0758 e. The van der Waals surface area contributed by atoms with E-state index in [1.54, 1.807) is 0 Å². The number of aliphatic hydroxyl groups excluding tert-OH is 1. The zero-order valence-electron chi connectivity index (χ0n) is 17.1. The van der Waals surface area contributed by atoms with E-state index < -0.39 is 0 Å². The molecule has 8 atom stereocenters. The molecule has 0 saturated heterocycles. The fourth-order valence-electron chi connectivity index (χ4n) is 8.09. The maximum absolute atomic E-state index is 10.7. The highest BCUT2D eigenvalue weighted by Crippen LogP contribution is 2.67. The van der Waals surface area contributed by atoms with Crippen LogP contribution >= 0.6 is 0 Å². The van der Waals surface area contributed by atoms with Crippen molar-refractivity contribution in [2.24, 2.45) is 34.5 Å². The summed E-state index contributed by atoms with van der Waals surface area (Å²) in [6, 6.07) is 0.798. The summed E-state index contributed by atoms with van der Waals surface area (Å²) in [5.74, 6) is 3.39. The summed E-state index contributed by atoms with van der Waals surface area (Å²) in [7, 11) is 4.53. The second-order valence-corrected chi connectivity index (χ2v) is 10.5. The molecule has 0 aliphatic heterocycles. The third kappa shape index (κ3) is 2.50. The van der Waals surface area contributed by atoms with Crippen LogP contribution in [0.1, 0.15) is 72.1 Å². The van der Waals surface area contributed by atoms with Gasteiger partial charge in [0.05, 0.1) is 6.10 Å². The maximum atomic E-state index is 10.7. The van der Waals surface area contributed by atoms with E-state index in [9.17, 15) is 5.11 Å². The normalized spacial score (nSPS) is 54.3. The van der Waals surface area contributed by atoms with E-state index >= 15 is 0 Å². The fraction of sp³-hybridized carbons (Fsp3) is 0.913. The van der Waals surface area contributed by atoms with Crippen molar-refractivity contribution < 1.29 is 5.11 Å². The van der Waals surface area contributed by atoms with Crippen LogP contribution in [0.15, 0.2) is 11.6 Å². The standard InChI is InChI=1S/C23H39NO/c1-6-18-21(25)14-20-17-8-7-15-13-16(24(4)5)9-11-22(15,2)19(17)10-12-23(18,20)3/h6,15-17,19-21,25H,7-14H2,1-5H3/b18-6-/t15?,16-,17+,19-,20-,21+,22-,23+/m0/s1. The summed E-state index contributed by atoms with van der Waals surface area (Å²) in [6.45, 7) is 7.25. The molecule has 2 nitrogen and oxygen atoms in total. The Morgan fingerprint density at radius 2 is 1.76 bits per heavy atom. The van der Waals surface area contributed by atoms with E-state index in [0.717, 1.165) is 36.1 Å². The Morgan fingerprint density at radius 3 is 2.44 bits per heavy atom. The monoisotopic (exact) mass is 345 g/mol. The molecule has 0 amide bonds. The molecule has 142 valence electrons. The first-order chi connectivity index (χ1) is 11.8. The Balaban J connectivity index is 1.60. The summed E-state index contributed by atoms with van der Waals surface area (Å²) >= 11 is 0. The van der Waals surface area contributed by atoms with Crippen LogP contribution in [-0.2, 0) is 0 Å². The van der Waals surface area contributed by atoms with Gasteiger partial charge < -0.3 is 10.0 Å². The molecule has 0 aromatic heterocycles. The van der Waals surface area contributed by atoms with Crippen LogP contribution < -0.4 is 0 Å². The summed E-state index contributed by atoms with van der Waals surface area (Å²) in [5, 5.41) is 10.7. The molecule has 0 heterocycles. The predicted octanol–water partition coefficient (Wildman–Crippen LogP) is 4.88. The first kappa shape index (κ1) is 18.0. The molecule has 4 saturated carbocycles. The van der Waals surface area contributed by atoms with E-state index in [0.29, 0.717) is 5.41 Å². The van der Waals surface area contributed by atoms with E-state index in [1.807, 2.05) is 0 Å². The molecule has 0 aromatic rings. The Kier molecular flexibility index (Phi) is 4.40. The fourth-order valence-corrected chi connectivity index (χ4v) is 8.09. The number of fused-ring (bicyclic) bond motifs is 5. The third-order valence-corrected chi connectivity index (χ3v) is 9.56. The maximum Gasteiger partial charge on any atom is 0.0758 e. The molecular formula is C23H39NO. The second kappa shape index (κ2) is 6.09. The first-order valence-electron chi connectivity index (χ1n) is 10.8. The lowest BCUT2D eigenvalue weighted by Gasteiger charge is -2.61. The van der Waals surface area contributed by atoms with Crippen LogP contribution in [0.5, 0.6) is 0 Å². The van der Waals surface area contributed by atoms with Crippen molar-refractivity contribution in [1.29, 1.82) is 0 Å². The van der Waals surface area contributed by atoms with Crippen LogP contribution in [0, 0.1) is 34.5 Å². The minimum Gasteiger partial charge on any atom is -0.389 e. The predicted molar refractivity (Wildman–Crippen MR) is 104 cm³/mol. The van der Waals surface area contributed by atoms with Gasteiger partial charge >= 0.3 is 0 Å². The number of nitrogens with zero attached hydrogens (tertiary/aromatic N) is 1. The zero-order valence-corrected chi connectivity index (χ0v) is 17.1. The first-order valence-corrected chi connectivity index (χ1v) is 10.8. The van der Waals surface area contributed by atoms with Gasteiger partial charge in [-0.25, -0.2) is 0 Å². The largest absolute Gasteiger partial charge is 0.389 e. The Hall–Kier alpha value is -0.340. The lowest BCUT2D eigenvalue weighted by Crippen LogP contribution is -2.54. The number of allylic oxidation sites excluding steroid dienone is 1. The number of hydrogen-bond donors (Lipinski definition) is 1. The van der Waals surface area contributed by atoms with Crippen molar-refractivity contribution in [3.8, 4) is 0 Å². The Bertz CT molecular complexity index is 554.